The Balaban J connectivity index is 2.02. The summed E-state index contributed by atoms with van der Waals surface area (Å²) in [6.45, 7) is 4.61. The first-order valence-corrected chi connectivity index (χ1v) is 6.53. The van der Waals surface area contributed by atoms with Gasteiger partial charge in [0.2, 0.25) is 0 Å². The summed E-state index contributed by atoms with van der Waals surface area (Å²) in [4.78, 5) is 6.99. The van der Waals surface area contributed by atoms with Crippen molar-refractivity contribution in [2.75, 3.05) is 20.1 Å². The van der Waals surface area contributed by atoms with Crippen molar-refractivity contribution in [2.45, 2.75) is 31.8 Å². The zero-order valence-corrected chi connectivity index (χ0v) is 10.3. The molecule has 84 valence electrons. The van der Waals surface area contributed by atoms with Crippen LogP contribution in [0.2, 0.25) is 0 Å². The van der Waals surface area contributed by atoms with Crippen LogP contribution in [0.3, 0.4) is 0 Å². The summed E-state index contributed by atoms with van der Waals surface area (Å²) in [5, 5.41) is 6.70. The zero-order valence-electron chi connectivity index (χ0n) is 9.44. The topological polar surface area (TPSA) is 28.2 Å². The average Bonchev–Trinajstić information content (AvgIpc) is 2.89. The Morgan fingerprint density at radius 3 is 3.13 bits per heavy atom. The van der Waals surface area contributed by atoms with Crippen molar-refractivity contribution in [3.05, 3.63) is 16.6 Å². The van der Waals surface area contributed by atoms with Crippen LogP contribution < -0.4 is 5.32 Å². The maximum atomic E-state index is 4.44. The number of nitrogens with one attached hydrogen (secondary N) is 1. The van der Waals surface area contributed by atoms with E-state index in [4.69, 9.17) is 0 Å². The maximum Gasteiger partial charge on any atom is 0.110 e. The van der Waals surface area contributed by atoms with Gasteiger partial charge in [-0.15, -0.1) is 11.3 Å². The molecule has 2 atom stereocenters. The Labute approximate surface area is 95.5 Å². The molecule has 0 radical (unpaired) electrons. The van der Waals surface area contributed by atoms with Gasteiger partial charge >= 0.3 is 0 Å². The molecule has 0 saturated carbocycles. The van der Waals surface area contributed by atoms with Crippen molar-refractivity contribution in [3.8, 4) is 0 Å². The van der Waals surface area contributed by atoms with E-state index in [0.29, 0.717) is 12.1 Å². The van der Waals surface area contributed by atoms with E-state index in [-0.39, 0.29) is 0 Å². The van der Waals surface area contributed by atoms with Gasteiger partial charge in [0.15, 0.2) is 0 Å². The van der Waals surface area contributed by atoms with Gasteiger partial charge in [0.25, 0.3) is 0 Å². The summed E-state index contributed by atoms with van der Waals surface area (Å²) in [6.07, 6.45) is 4.33. The molecule has 2 unspecified atom stereocenters. The minimum Gasteiger partial charge on any atom is -0.316 e. The van der Waals surface area contributed by atoms with Crippen molar-refractivity contribution in [1.29, 1.82) is 0 Å². The second kappa shape index (κ2) is 5.05. The number of likely N-dealkylation sites (N-methyl/N-ethyl adjacent to an activating group) is 1. The smallest absolute Gasteiger partial charge is 0.110 e. The third kappa shape index (κ3) is 2.38. The van der Waals surface area contributed by atoms with Crippen LogP contribution in [0, 0.1) is 0 Å². The molecule has 0 bridgehead atoms. The molecule has 1 saturated heterocycles. The summed E-state index contributed by atoms with van der Waals surface area (Å²) in [6, 6.07) is 1.20. The lowest BCUT2D eigenvalue weighted by Crippen LogP contribution is -2.31. The maximum absolute atomic E-state index is 4.44. The van der Waals surface area contributed by atoms with E-state index >= 15 is 0 Å². The van der Waals surface area contributed by atoms with Gasteiger partial charge in [-0.3, -0.25) is 4.90 Å². The molecule has 0 spiro atoms. The van der Waals surface area contributed by atoms with E-state index in [2.05, 4.69) is 34.6 Å². The molecule has 1 aromatic rings. The van der Waals surface area contributed by atoms with Crippen molar-refractivity contribution < 1.29 is 0 Å². The van der Waals surface area contributed by atoms with Crippen molar-refractivity contribution in [2.24, 2.45) is 0 Å². The van der Waals surface area contributed by atoms with Gasteiger partial charge < -0.3 is 5.32 Å². The van der Waals surface area contributed by atoms with Gasteiger partial charge in [-0.1, -0.05) is 6.92 Å². The highest BCUT2D eigenvalue weighted by Gasteiger charge is 2.28. The Bertz CT molecular complexity index is 286. The van der Waals surface area contributed by atoms with Crippen LogP contribution in [0.5, 0.6) is 0 Å². The Hall–Kier alpha value is -0.450. The van der Waals surface area contributed by atoms with Gasteiger partial charge in [0.1, 0.15) is 5.01 Å². The molecule has 0 amide bonds. The normalized spacial score (nSPS) is 24.5. The number of likely N-dealkylation sites (tertiary alicyclic amines) is 1. The highest BCUT2D eigenvalue weighted by Crippen LogP contribution is 2.28. The minimum atomic E-state index is 0.531. The highest BCUT2D eigenvalue weighted by molar-refractivity contribution is 7.09. The number of aromatic nitrogens is 1. The van der Waals surface area contributed by atoms with Crippen LogP contribution in [0.25, 0.3) is 0 Å². The molecule has 1 aromatic heterocycles. The van der Waals surface area contributed by atoms with Crippen LogP contribution in [-0.4, -0.2) is 36.1 Å². The second-order valence-electron chi connectivity index (χ2n) is 4.06. The fourth-order valence-corrected chi connectivity index (χ4v) is 3.15. The summed E-state index contributed by atoms with van der Waals surface area (Å²) in [5.41, 5.74) is 0. The van der Waals surface area contributed by atoms with Gasteiger partial charge in [0.05, 0.1) is 6.04 Å². The molecule has 2 rings (SSSR count). The van der Waals surface area contributed by atoms with Crippen LogP contribution in [0.1, 0.15) is 30.8 Å². The molecule has 1 fully saturated rings. The molecule has 1 N–H and O–H groups in total. The lowest BCUT2D eigenvalue weighted by Gasteiger charge is -2.24. The first kappa shape index (κ1) is 11.0. The highest BCUT2D eigenvalue weighted by atomic mass is 32.1. The standard InChI is InChI=1S/C11H19N3S/c1-3-10(11-13-5-7-15-11)14-6-4-9(8-14)12-2/h5,7,9-10,12H,3-4,6,8H2,1-2H3. The van der Waals surface area contributed by atoms with E-state index in [1.54, 1.807) is 11.3 Å². The quantitative estimate of drug-likeness (QED) is 0.848. The number of hydrogen-bond donors (Lipinski definition) is 1. The Kier molecular flexibility index (Phi) is 3.72. The number of thiazole rings is 1. The van der Waals surface area contributed by atoms with Gasteiger partial charge in [0, 0.05) is 30.7 Å². The molecular formula is C11H19N3S. The zero-order chi connectivity index (χ0) is 10.7. The molecule has 4 heteroatoms. The van der Waals surface area contributed by atoms with Crippen LogP contribution in [0.15, 0.2) is 11.6 Å². The summed E-state index contributed by atoms with van der Waals surface area (Å²) >= 11 is 1.78. The molecular weight excluding hydrogens is 206 g/mol. The van der Waals surface area contributed by atoms with Crippen molar-refractivity contribution in [3.63, 3.8) is 0 Å². The largest absolute Gasteiger partial charge is 0.316 e. The third-order valence-corrected chi connectivity index (χ3v) is 4.07. The molecule has 3 nitrogen and oxygen atoms in total. The summed E-state index contributed by atoms with van der Waals surface area (Å²) in [7, 11) is 2.05. The molecule has 0 aromatic carbocycles. The van der Waals surface area contributed by atoms with Gasteiger partial charge in [-0.2, -0.15) is 0 Å². The minimum absolute atomic E-state index is 0.531. The monoisotopic (exact) mass is 225 g/mol. The predicted molar refractivity (Wildman–Crippen MR) is 64.2 cm³/mol. The number of nitrogens with zero attached hydrogens (tertiary/aromatic N) is 2. The van der Waals surface area contributed by atoms with E-state index in [1.165, 1.54) is 18.0 Å². The van der Waals surface area contributed by atoms with E-state index in [0.717, 1.165) is 13.0 Å². The average molecular weight is 225 g/mol. The fourth-order valence-electron chi connectivity index (χ4n) is 2.29. The van der Waals surface area contributed by atoms with Crippen LogP contribution in [0.4, 0.5) is 0 Å². The van der Waals surface area contributed by atoms with Crippen LogP contribution >= 0.6 is 11.3 Å². The molecule has 15 heavy (non-hydrogen) atoms. The Morgan fingerprint density at radius 1 is 1.73 bits per heavy atom. The SMILES string of the molecule is CCC(c1nccs1)N1CCC(NC)C1. The predicted octanol–water partition coefficient (Wildman–Crippen LogP) is 1.89. The first-order valence-electron chi connectivity index (χ1n) is 5.65. The molecule has 0 aliphatic carbocycles. The lowest BCUT2D eigenvalue weighted by molar-refractivity contribution is 0.233. The molecule has 2 heterocycles. The number of rotatable bonds is 4. The summed E-state index contributed by atoms with van der Waals surface area (Å²) in [5.74, 6) is 0. The number of hydrogen-bond acceptors (Lipinski definition) is 4. The van der Waals surface area contributed by atoms with E-state index in [9.17, 15) is 0 Å². The van der Waals surface area contributed by atoms with Gasteiger partial charge in [-0.05, 0) is 19.9 Å². The molecule has 1 aliphatic heterocycles. The first-order chi connectivity index (χ1) is 7.35. The van der Waals surface area contributed by atoms with E-state index < -0.39 is 0 Å². The van der Waals surface area contributed by atoms with Crippen LogP contribution in [-0.2, 0) is 0 Å². The van der Waals surface area contributed by atoms with Crippen molar-refractivity contribution in [1.82, 2.24) is 15.2 Å². The second-order valence-corrected chi connectivity index (χ2v) is 4.99. The summed E-state index contributed by atoms with van der Waals surface area (Å²) < 4.78 is 0. The fraction of sp³-hybridized carbons (Fsp3) is 0.727. The Morgan fingerprint density at radius 2 is 2.60 bits per heavy atom. The van der Waals surface area contributed by atoms with Crippen molar-refractivity contribution >= 4 is 11.3 Å². The third-order valence-electron chi connectivity index (χ3n) is 3.19. The van der Waals surface area contributed by atoms with Gasteiger partial charge in [-0.25, -0.2) is 4.98 Å². The lowest BCUT2D eigenvalue weighted by atomic mass is 10.2. The van der Waals surface area contributed by atoms with E-state index in [1.807, 2.05) is 6.20 Å². The molecule has 1 aliphatic rings.